The van der Waals surface area contributed by atoms with E-state index in [-0.39, 0.29) is 17.0 Å². The second-order valence-corrected chi connectivity index (χ2v) is 4.10. The van der Waals surface area contributed by atoms with Gasteiger partial charge in [-0.1, -0.05) is 12.1 Å². The van der Waals surface area contributed by atoms with E-state index in [1.807, 2.05) is 0 Å². The highest BCUT2D eigenvalue weighted by atomic mass is 16.6. The van der Waals surface area contributed by atoms with Crippen LogP contribution in [0.4, 0.5) is 5.69 Å². The van der Waals surface area contributed by atoms with Gasteiger partial charge in [-0.15, -0.1) is 0 Å². The number of non-ortho nitro benzene ring substituents is 1. The van der Waals surface area contributed by atoms with E-state index in [1.165, 1.54) is 42.6 Å². The summed E-state index contributed by atoms with van der Waals surface area (Å²) in [5.41, 5.74) is 3.09. The largest absolute Gasteiger partial charge is 0.508 e. The summed E-state index contributed by atoms with van der Waals surface area (Å²) in [4.78, 5) is 21.7. The molecule has 0 aliphatic rings. The third kappa shape index (κ3) is 3.87. The van der Waals surface area contributed by atoms with Gasteiger partial charge >= 0.3 is 0 Å². The van der Waals surface area contributed by atoms with Crippen LogP contribution in [0.3, 0.4) is 0 Å². The molecule has 7 nitrogen and oxygen atoms in total. The van der Waals surface area contributed by atoms with Crippen molar-refractivity contribution in [3.8, 4) is 5.75 Å². The number of nitrogens with zero attached hydrogens (tertiary/aromatic N) is 2. The van der Waals surface area contributed by atoms with E-state index < -0.39 is 10.8 Å². The minimum absolute atomic E-state index is 0.0881. The predicted octanol–water partition coefficient (Wildman–Crippen LogP) is 2.06. The first-order valence-electron chi connectivity index (χ1n) is 5.93. The van der Waals surface area contributed by atoms with E-state index in [0.29, 0.717) is 5.56 Å². The van der Waals surface area contributed by atoms with E-state index in [1.54, 1.807) is 12.1 Å². The Morgan fingerprint density at radius 3 is 2.57 bits per heavy atom. The van der Waals surface area contributed by atoms with Gasteiger partial charge in [0, 0.05) is 17.7 Å². The Balaban J connectivity index is 2.00. The molecule has 0 unspecified atom stereocenters. The number of hydrazone groups is 1. The van der Waals surface area contributed by atoms with Crippen LogP contribution in [0.2, 0.25) is 0 Å². The number of phenols is 1. The van der Waals surface area contributed by atoms with Crippen LogP contribution in [0.15, 0.2) is 53.6 Å². The van der Waals surface area contributed by atoms with Crippen LogP contribution >= 0.6 is 0 Å². The van der Waals surface area contributed by atoms with Gasteiger partial charge in [0.25, 0.3) is 11.6 Å². The summed E-state index contributed by atoms with van der Waals surface area (Å²) >= 11 is 0. The van der Waals surface area contributed by atoms with Crippen molar-refractivity contribution in [1.29, 1.82) is 0 Å². The third-order valence-corrected chi connectivity index (χ3v) is 2.59. The zero-order chi connectivity index (χ0) is 15.2. The Labute approximate surface area is 119 Å². The topological polar surface area (TPSA) is 105 Å². The van der Waals surface area contributed by atoms with E-state index in [2.05, 4.69) is 10.5 Å². The third-order valence-electron chi connectivity index (χ3n) is 2.59. The molecule has 21 heavy (non-hydrogen) atoms. The van der Waals surface area contributed by atoms with Crippen molar-refractivity contribution in [2.75, 3.05) is 0 Å². The number of phenolic OH excluding ortho intramolecular Hbond substituents is 1. The maximum absolute atomic E-state index is 11.7. The number of carbonyl (C=O) groups excluding carboxylic acids is 1. The molecule has 0 bridgehead atoms. The first-order chi connectivity index (χ1) is 10.1. The molecule has 0 heterocycles. The number of aromatic hydroxyl groups is 1. The van der Waals surface area contributed by atoms with E-state index in [9.17, 15) is 20.0 Å². The number of rotatable bonds is 4. The van der Waals surface area contributed by atoms with E-state index in [0.717, 1.165) is 0 Å². The summed E-state index contributed by atoms with van der Waals surface area (Å²) in [5.74, 6) is -0.387. The van der Waals surface area contributed by atoms with Gasteiger partial charge in [-0.3, -0.25) is 14.9 Å². The minimum Gasteiger partial charge on any atom is -0.508 e. The maximum atomic E-state index is 11.7. The van der Waals surface area contributed by atoms with Crippen LogP contribution in [0.5, 0.6) is 5.75 Å². The molecule has 2 rings (SSSR count). The van der Waals surface area contributed by atoms with E-state index >= 15 is 0 Å². The van der Waals surface area contributed by atoms with Crippen molar-refractivity contribution >= 4 is 17.8 Å². The standard InChI is InChI=1S/C14H11N3O4/c18-13-3-1-2-10(8-13)9-15-16-14(19)11-4-6-12(7-5-11)17(20)21/h1-9,18H,(H,16,19)/b15-9-. The fraction of sp³-hybridized carbons (Fsp3) is 0. The van der Waals surface area contributed by atoms with Gasteiger partial charge in [-0.05, 0) is 29.8 Å². The van der Waals surface area contributed by atoms with Crippen molar-refractivity contribution in [3.05, 3.63) is 69.8 Å². The van der Waals surface area contributed by atoms with Gasteiger partial charge in [0.2, 0.25) is 0 Å². The highest BCUT2D eigenvalue weighted by Gasteiger charge is 2.08. The first-order valence-corrected chi connectivity index (χ1v) is 5.93. The SMILES string of the molecule is O=C(N/N=C\c1cccc(O)c1)c1ccc([N+](=O)[O-])cc1. The molecular formula is C14H11N3O4. The van der Waals surface area contributed by atoms with Gasteiger partial charge < -0.3 is 5.11 Å². The number of hydrogen-bond acceptors (Lipinski definition) is 5. The molecule has 0 aromatic heterocycles. The Morgan fingerprint density at radius 1 is 1.24 bits per heavy atom. The van der Waals surface area contributed by atoms with Crippen molar-refractivity contribution in [1.82, 2.24) is 5.43 Å². The quantitative estimate of drug-likeness (QED) is 0.509. The van der Waals surface area contributed by atoms with Gasteiger partial charge in [-0.25, -0.2) is 5.43 Å². The molecule has 1 amide bonds. The minimum atomic E-state index is -0.540. The fourth-order valence-electron chi connectivity index (χ4n) is 1.57. The molecule has 0 atom stereocenters. The molecule has 2 N–H and O–H groups in total. The summed E-state index contributed by atoms with van der Waals surface area (Å²) in [7, 11) is 0. The zero-order valence-electron chi connectivity index (χ0n) is 10.8. The molecule has 0 radical (unpaired) electrons. The van der Waals surface area contributed by atoms with Crippen LogP contribution in [-0.2, 0) is 0 Å². The fourth-order valence-corrected chi connectivity index (χ4v) is 1.57. The highest BCUT2D eigenvalue weighted by Crippen LogP contribution is 2.12. The number of benzene rings is 2. The first kappa shape index (κ1) is 14.2. The molecule has 0 fully saturated rings. The number of carbonyl (C=O) groups is 1. The lowest BCUT2D eigenvalue weighted by atomic mass is 10.2. The average Bonchev–Trinajstić information content (AvgIpc) is 2.47. The summed E-state index contributed by atoms with van der Waals surface area (Å²) < 4.78 is 0. The monoisotopic (exact) mass is 285 g/mol. The lowest BCUT2D eigenvalue weighted by molar-refractivity contribution is -0.384. The van der Waals surface area contributed by atoms with Crippen molar-refractivity contribution in [3.63, 3.8) is 0 Å². The number of nitro groups is 1. The molecule has 2 aromatic rings. The number of amides is 1. The Morgan fingerprint density at radius 2 is 1.95 bits per heavy atom. The molecular weight excluding hydrogens is 274 g/mol. The summed E-state index contributed by atoms with van der Waals surface area (Å²) in [6, 6.07) is 11.5. The molecule has 106 valence electrons. The molecule has 7 heteroatoms. The van der Waals surface area contributed by atoms with E-state index in [4.69, 9.17) is 0 Å². The maximum Gasteiger partial charge on any atom is 0.271 e. The number of hydrogen-bond donors (Lipinski definition) is 2. The second kappa shape index (κ2) is 6.29. The predicted molar refractivity (Wildman–Crippen MR) is 76.3 cm³/mol. The average molecular weight is 285 g/mol. The van der Waals surface area contributed by atoms with Gasteiger partial charge in [0.1, 0.15) is 5.75 Å². The molecule has 0 saturated heterocycles. The van der Waals surface area contributed by atoms with Crippen LogP contribution in [0, 0.1) is 10.1 Å². The van der Waals surface area contributed by atoms with Gasteiger partial charge in [-0.2, -0.15) is 5.10 Å². The normalized spacial score (nSPS) is 10.5. The lowest BCUT2D eigenvalue weighted by Crippen LogP contribution is -2.17. The molecule has 0 saturated carbocycles. The highest BCUT2D eigenvalue weighted by molar-refractivity contribution is 5.95. The summed E-state index contributed by atoms with van der Waals surface area (Å²) in [6.45, 7) is 0. The van der Waals surface area contributed by atoms with Crippen molar-refractivity contribution in [2.24, 2.45) is 5.10 Å². The Hall–Kier alpha value is -3.22. The number of nitro benzene ring substituents is 1. The zero-order valence-corrected chi connectivity index (χ0v) is 10.8. The molecule has 0 aliphatic heterocycles. The molecule has 0 aliphatic carbocycles. The van der Waals surface area contributed by atoms with Crippen molar-refractivity contribution < 1.29 is 14.8 Å². The summed E-state index contributed by atoms with van der Waals surface area (Å²) in [6.07, 6.45) is 1.38. The van der Waals surface area contributed by atoms with Crippen molar-refractivity contribution in [2.45, 2.75) is 0 Å². The molecule has 0 spiro atoms. The van der Waals surface area contributed by atoms with Crippen LogP contribution < -0.4 is 5.43 Å². The Kier molecular flexibility index (Phi) is 4.25. The van der Waals surface area contributed by atoms with Crippen LogP contribution in [-0.4, -0.2) is 22.2 Å². The van der Waals surface area contributed by atoms with Gasteiger partial charge in [0.15, 0.2) is 0 Å². The Bertz CT molecular complexity index is 696. The lowest BCUT2D eigenvalue weighted by Gasteiger charge is -1.99. The second-order valence-electron chi connectivity index (χ2n) is 4.10. The smallest absolute Gasteiger partial charge is 0.271 e. The summed E-state index contributed by atoms with van der Waals surface area (Å²) in [5, 5.41) is 23.5. The molecule has 2 aromatic carbocycles. The van der Waals surface area contributed by atoms with Crippen LogP contribution in [0.25, 0.3) is 0 Å². The number of nitrogens with one attached hydrogen (secondary N) is 1. The van der Waals surface area contributed by atoms with Crippen LogP contribution in [0.1, 0.15) is 15.9 Å². The van der Waals surface area contributed by atoms with Gasteiger partial charge in [0.05, 0.1) is 11.1 Å².